The van der Waals surface area contributed by atoms with Crippen molar-refractivity contribution in [3.63, 3.8) is 0 Å². The van der Waals surface area contributed by atoms with Crippen LogP contribution in [0, 0.1) is 6.57 Å². The third kappa shape index (κ3) is 4.13. The fourth-order valence-electron chi connectivity index (χ4n) is 8.34. The molecule has 50 heavy (non-hydrogen) atoms. The number of fused-ring (bicyclic) bond motifs is 5. The van der Waals surface area contributed by atoms with Crippen molar-refractivity contribution in [2.45, 2.75) is 0 Å². The number of hydrogen-bond donors (Lipinski definition) is 0. The topological polar surface area (TPSA) is 4.36 Å². The first-order valence-corrected chi connectivity index (χ1v) is 17.1. The fraction of sp³-hybridized carbons (Fsp3) is 0. The predicted molar refractivity (Wildman–Crippen MR) is 211 cm³/mol. The Morgan fingerprint density at radius 3 is 1.50 bits per heavy atom. The molecular weight excluding hydrogens is 603 g/mol. The van der Waals surface area contributed by atoms with Crippen molar-refractivity contribution < 1.29 is 0 Å². The first kappa shape index (κ1) is 28.3. The highest BCUT2D eigenvalue weighted by Crippen LogP contribution is 2.58. The third-order valence-electron chi connectivity index (χ3n) is 10.4. The molecule has 9 aromatic carbocycles. The minimum Gasteiger partial charge on any atom is -0.237 e. The Hall–Kier alpha value is -6.75. The summed E-state index contributed by atoms with van der Waals surface area (Å²) in [5.74, 6) is 0. The molecule has 1 nitrogen and oxygen atoms in total. The maximum absolute atomic E-state index is 8.32. The van der Waals surface area contributed by atoms with Gasteiger partial charge in [0.2, 0.25) is 0 Å². The van der Waals surface area contributed by atoms with Crippen molar-refractivity contribution in [3.8, 4) is 66.8 Å². The van der Waals surface area contributed by atoms with Gasteiger partial charge in [-0.2, -0.15) is 0 Å². The first-order valence-electron chi connectivity index (χ1n) is 17.1. The highest BCUT2D eigenvalue weighted by Gasteiger charge is 2.31. The van der Waals surface area contributed by atoms with E-state index in [9.17, 15) is 0 Å². The lowest BCUT2D eigenvalue weighted by Gasteiger charge is -2.20. The van der Waals surface area contributed by atoms with E-state index >= 15 is 0 Å². The molecule has 1 heteroatoms. The van der Waals surface area contributed by atoms with Crippen molar-refractivity contribution >= 4 is 38.0 Å². The molecule has 1 aliphatic carbocycles. The SMILES string of the molecule is [C-]#[N+]c1cc(-c2cccc3ccccc23)ccc1-c1ccc2c3c(cccc13)-c1c-2c(-c2ccccc2)c2ccccc2c1-c1ccccc1. The molecule has 0 amide bonds. The van der Waals surface area contributed by atoms with E-state index in [2.05, 4.69) is 181 Å². The zero-order valence-electron chi connectivity index (χ0n) is 27.2. The molecule has 0 spiro atoms. The number of rotatable bonds is 4. The Morgan fingerprint density at radius 1 is 0.320 bits per heavy atom. The van der Waals surface area contributed by atoms with Gasteiger partial charge in [0.1, 0.15) is 0 Å². The first-order chi connectivity index (χ1) is 24.8. The van der Waals surface area contributed by atoms with Crippen molar-refractivity contribution in [2.75, 3.05) is 0 Å². The summed E-state index contributed by atoms with van der Waals surface area (Å²) >= 11 is 0. The minimum atomic E-state index is 0.660. The Morgan fingerprint density at radius 2 is 0.820 bits per heavy atom. The Kier molecular flexibility index (Phi) is 6.31. The van der Waals surface area contributed by atoms with Crippen LogP contribution in [0.3, 0.4) is 0 Å². The number of nitrogens with zero attached hydrogens (tertiary/aromatic N) is 1. The summed E-state index contributed by atoms with van der Waals surface area (Å²) in [6, 6.07) is 63.0. The average Bonchev–Trinajstić information content (AvgIpc) is 3.52. The lowest BCUT2D eigenvalue weighted by atomic mass is 9.82. The van der Waals surface area contributed by atoms with Crippen LogP contribution in [0.1, 0.15) is 0 Å². The van der Waals surface area contributed by atoms with Crippen molar-refractivity contribution in [2.24, 2.45) is 0 Å². The smallest absolute Gasteiger partial charge is 0.195 e. The van der Waals surface area contributed by atoms with Crippen LogP contribution in [0.15, 0.2) is 176 Å². The van der Waals surface area contributed by atoms with E-state index in [0.29, 0.717) is 5.69 Å². The summed E-state index contributed by atoms with van der Waals surface area (Å²) in [6.45, 7) is 8.32. The van der Waals surface area contributed by atoms with E-state index < -0.39 is 0 Å². The highest BCUT2D eigenvalue weighted by atomic mass is 14.6. The van der Waals surface area contributed by atoms with Gasteiger partial charge in [-0.25, -0.2) is 4.85 Å². The zero-order valence-corrected chi connectivity index (χ0v) is 27.2. The highest BCUT2D eigenvalue weighted by molar-refractivity contribution is 6.29. The largest absolute Gasteiger partial charge is 0.237 e. The van der Waals surface area contributed by atoms with Crippen LogP contribution in [-0.2, 0) is 0 Å². The lowest BCUT2D eigenvalue weighted by molar-refractivity contribution is 1.62. The lowest BCUT2D eigenvalue weighted by Crippen LogP contribution is -1.93. The van der Waals surface area contributed by atoms with Gasteiger partial charge >= 0.3 is 0 Å². The van der Waals surface area contributed by atoms with Gasteiger partial charge in [-0.1, -0.05) is 170 Å². The predicted octanol–water partition coefficient (Wildman–Crippen LogP) is 14.0. The van der Waals surface area contributed by atoms with Gasteiger partial charge in [0.25, 0.3) is 0 Å². The monoisotopic (exact) mass is 631 g/mol. The Bertz CT molecular complexity index is 2760. The van der Waals surface area contributed by atoms with Crippen LogP contribution >= 0.6 is 0 Å². The fourth-order valence-corrected chi connectivity index (χ4v) is 8.34. The summed E-state index contributed by atoms with van der Waals surface area (Å²) in [5.41, 5.74) is 14.9. The van der Waals surface area contributed by atoms with Gasteiger partial charge in [0.15, 0.2) is 5.69 Å². The molecule has 0 saturated heterocycles. The van der Waals surface area contributed by atoms with Crippen molar-refractivity contribution in [3.05, 3.63) is 187 Å². The Labute approximate surface area is 291 Å². The molecule has 0 radical (unpaired) electrons. The maximum atomic E-state index is 8.32. The molecule has 0 aliphatic heterocycles. The summed E-state index contributed by atoms with van der Waals surface area (Å²) in [7, 11) is 0. The van der Waals surface area contributed by atoms with E-state index in [1.807, 2.05) is 0 Å². The molecule has 0 heterocycles. The van der Waals surface area contributed by atoms with Gasteiger partial charge < -0.3 is 0 Å². The average molecular weight is 632 g/mol. The second kappa shape index (κ2) is 11.2. The van der Waals surface area contributed by atoms with Crippen molar-refractivity contribution in [1.29, 1.82) is 0 Å². The maximum Gasteiger partial charge on any atom is 0.195 e. The minimum absolute atomic E-state index is 0.660. The molecule has 1 aliphatic rings. The van der Waals surface area contributed by atoms with Crippen LogP contribution in [0.4, 0.5) is 5.69 Å². The van der Waals surface area contributed by atoms with Crippen LogP contribution in [0.2, 0.25) is 0 Å². The van der Waals surface area contributed by atoms with Crippen LogP contribution < -0.4 is 0 Å². The summed E-state index contributed by atoms with van der Waals surface area (Å²) in [6.07, 6.45) is 0. The number of benzene rings is 9. The standard InChI is InChI=1S/C49H29N/c1-50-44-30-34(36-23-12-19-31-14-8-9-20-35(31)36)26-27-38(44)37-28-29-43-47-39(37)24-13-25-42(47)48-45(32-15-4-2-5-16-32)40-21-10-11-22-41(40)46(49(43)48)33-17-6-3-7-18-33/h2-30H. The summed E-state index contributed by atoms with van der Waals surface area (Å²) in [5, 5.41) is 7.31. The van der Waals surface area contributed by atoms with Gasteiger partial charge in [0, 0.05) is 0 Å². The zero-order chi connectivity index (χ0) is 33.2. The van der Waals surface area contributed by atoms with Crippen LogP contribution in [0.25, 0.3) is 104 Å². The quantitative estimate of drug-likeness (QED) is 0.170. The van der Waals surface area contributed by atoms with Crippen LogP contribution in [-0.4, -0.2) is 0 Å². The molecule has 0 aromatic heterocycles. The van der Waals surface area contributed by atoms with Crippen LogP contribution in [0.5, 0.6) is 0 Å². The molecule has 0 fully saturated rings. The van der Waals surface area contributed by atoms with Gasteiger partial charge in [0.05, 0.1) is 6.57 Å². The second-order valence-electron chi connectivity index (χ2n) is 13.0. The molecule has 10 rings (SSSR count). The second-order valence-corrected chi connectivity index (χ2v) is 13.0. The van der Waals surface area contributed by atoms with Gasteiger partial charge in [-0.15, -0.1) is 0 Å². The molecule has 0 unspecified atom stereocenters. The molecule has 230 valence electrons. The normalized spacial score (nSPS) is 11.6. The van der Waals surface area contributed by atoms with E-state index in [4.69, 9.17) is 6.57 Å². The van der Waals surface area contributed by atoms with E-state index in [0.717, 1.165) is 22.3 Å². The third-order valence-corrected chi connectivity index (χ3v) is 10.4. The van der Waals surface area contributed by atoms with E-state index in [-0.39, 0.29) is 0 Å². The van der Waals surface area contributed by atoms with E-state index in [1.165, 1.54) is 76.8 Å². The molecule has 9 aromatic rings. The van der Waals surface area contributed by atoms with E-state index in [1.54, 1.807) is 0 Å². The molecule has 0 N–H and O–H groups in total. The molecule has 0 atom stereocenters. The summed E-state index contributed by atoms with van der Waals surface area (Å²) in [4.78, 5) is 4.11. The molecule has 0 bridgehead atoms. The van der Waals surface area contributed by atoms with Gasteiger partial charge in [-0.05, 0) is 105 Å². The molecule has 0 saturated carbocycles. The molecular formula is C49H29N. The summed E-state index contributed by atoms with van der Waals surface area (Å²) < 4.78 is 0. The van der Waals surface area contributed by atoms with Gasteiger partial charge in [-0.3, -0.25) is 0 Å². The number of hydrogen-bond acceptors (Lipinski definition) is 0. The Balaban J connectivity index is 1.26. The van der Waals surface area contributed by atoms with Crippen molar-refractivity contribution in [1.82, 2.24) is 0 Å².